The van der Waals surface area contributed by atoms with E-state index in [1.807, 2.05) is 13.0 Å². The lowest BCUT2D eigenvalue weighted by Crippen LogP contribution is -2.30. The second kappa shape index (κ2) is 20.0. The highest BCUT2D eigenvalue weighted by molar-refractivity contribution is 9.09. The Bertz CT molecular complexity index is 2790. The topological polar surface area (TPSA) is 151 Å². The number of aromatic amines is 1. The first-order chi connectivity index (χ1) is 29.4. The summed E-state index contributed by atoms with van der Waals surface area (Å²) in [5.41, 5.74) is 9.80. The van der Waals surface area contributed by atoms with Crippen LogP contribution in [-0.4, -0.2) is 67.6 Å². The van der Waals surface area contributed by atoms with Crippen molar-refractivity contribution in [2.45, 2.75) is 58.3 Å². The largest absolute Gasteiger partial charge is 0.360 e. The molecular formula is C48H43BrN6O4S2. The minimum absolute atomic E-state index is 0.157. The summed E-state index contributed by atoms with van der Waals surface area (Å²) in [5, 5.41) is 21.2. The van der Waals surface area contributed by atoms with Gasteiger partial charge in [0.05, 0.1) is 43.4 Å². The monoisotopic (exact) mass is 910 g/mol. The molecule has 0 radical (unpaired) electrons. The van der Waals surface area contributed by atoms with Gasteiger partial charge in [0.25, 0.3) is 23.6 Å². The lowest BCUT2D eigenvalue weighted by Gasteiger charge is -2.14. The lowest BCUT2D eigenvalue weighted by atomic mass is 10.1. The fourth-order valence-corrected chi connectivity index (χ4v) is 8.82. The molecule has 2 aromatic heterocycles. The summed E-state index contributed by atoms with van der Waals surface area (Å²) in [7, 11) is 0. The highest BCUT2D eigenvalue weighted by atomic mass is 79.9. The third-order valence-electron chi connectivity index (χ3n) is 10.7. The summed E-state index contributed by atoms with van der Waals surface area (Å²) < 4.78 is 0.634. The maximum absolute atomic E-state index is 12.4. The van der Waals surface area contributed by atoms with Crippen LogP contribution in [0.15, 0.2) is 90.1 Å². The molecule has 1 N–H and O–H groups in total. The number of hydrogen-bond acceptors (Lipinski definition) is 9. The number of carbonyl (C=O) groups excluding carboxylic acids is 4. The summed E-state index contributed by atoms with van der Waals surface area (Å²) in [4.78, 5) is 59.8. The van der Waals surface area contributed by atoms with Crippen LogP contribution in [0.2, 0.25) is 0 Å². The fourth-order valence-electron chi connectivity index (χ4n) is 7.02. The number of nitrogens with one attached hydrogen (secondary N) is 1. The molecule has 6 aromatic rings. The molecule has 2 aliphatic heterocycles. The van der Waals surface area contributed by atoms with Gasteiger partial charge in [0.2, 0.25) is 0 Å². The van der Waals surface area contributed by atoms with E-state index in [0.29, 0.717) is 51.0 Å². The van der Waals surface area contributed by atoms with Crippen LogP contribution in [0, 0.1) is 54.9 Å². The van der Waals surface area contributed by atoms with Crippen molar-refractivity contribution < 1.29 is 19.2 Å². The Morgan fingerprint density at radius 1 is 0.672 bits per heavy atom. The average molecular weight is 912 g/mol. The van der Waals surface area contributed by atoms with Gasteiger partial charge in [0.1, 0.15) is 12.1 Å². The van der Waals surface area contributed by atoms with Gasteiger partial charge in [-0.15, -0.1) is 11.8 Å². The molecule has 0 saturated heterocycles. The molecule has 4 heterocycles. The van der Waals surface area contributed by atoms with Crippen molar-refractivity contribution in [1.82, 2.24) is 19.8 Å². The Labute approximate surface area is 372 Å². The zero-order chi connectivity index (χ0) is 43.8. The van der Waals surface area contributed by atoms with Crippen LogP contribution in [0.5, 0.6) is 0 Å². The fraction of sp³-hybridized carbons (Fsp3) is 0.250. The van der Waals surface area contributed by atoms with Gasteiger partial charge in [-0.05, 0) is 130 Å². The molecule has 13 heteroatoms. The van der Waals surface area contributed by atoms with Crippen LogP contribution in [0.4, 0.5) is 0 Å². The van der Waals surface area contributed by atoms with Gasteiger partial charge >= 0.3 is 0 Å². The van der Waals surface area contributed by atoms with Crippen LogP contribution in [0.3, 0.4) is 0 Å². The molecule has 308 valence electrons. The van der Waals surface area contributed by atoms with E-state index in [1.165, 1.54) is 32.1 Å². The van der Waals surface area contributed by atoms with E-state index in [9.17, 15) is 24.4 Å². The maximum atomic E-state index is 12.4. The van der Waals surface area contributed by atoms with Crippen molar-refractivity contribution in [3.8, 4) is 12.1 Å². The number of unbranched alkanes of at least 4 members (excludes halogenated alkanes) is 2. The second-order valence-corrected chi connectivity index (χ2v) is 17.1. The zero-order valence-electron chi connectivity index (χ0n) is 34.3. The van der Waals surface area contributed by atoms with Gasteiger partial charge in [-0.25, -0.2) is 0 Å². The number of fused-ring (bicyclic) bond motifs is 4. The SMILES string of the molecule is Cc1cc2[nH]cc(C#N)c(=S)c2cc1C.Cc1cc2ncc(C#N)c(SCCCCN3C(=O)c4ccccc4C3=O)c2cc1C.O=C1c2ccccc2C(=O)N1CCCCBr. The van der Waals surface area contributed by atoms with Crippen molar-refractivity contribution in [1.29, 1.82) is 10.5 Å². The second-order valence-electron chi connectivity index (χ2n) is 14.8. The van der Waals surface area contributed by atoms with Gasteiger partial charge in [-0.3, -0.25) is 34.0 Å². The Balaban J connectivity index is 0.000000169. The lowest BCUT2D eigenvalue weighted by molar-refractivity contribution is 0.0637. The maximum Gasteiger partial charge on any atom is 0.261 e. The summed E-state index contributed by atoms with van der Waals surface area (Å²) in [6.07, 6.45) is 6.67. The predicted molar refractivity (Wildman–Crippen MR) is 246 cm³/mol. The smallest absolute Gasteiger partial charge is 0.261 e. The van der Waals surface area contributed by atoms with E-state index < -0.39 is 0 Å². The summed E-state index contributed by atoms with van der Waals surface area (Å²) in [6.45, 7) is 9.14. The van der Waals surface area contributed by atoms with E-state index in [2.05, 4.69) is 77.0 Å². The molecule has 0 unspecified atom stereocenters. The first-order valence-electron chi connectivity index (χ1n) is 19.8. The van der Waals surface area contributed by atoms with Gasteiger partial charge in [0, 0.05) is 52.0 Å². The number of carbonyl (C=O) groups is 4. The van der Waals surface area contributed by atoms with Crippen LogP contribution in [-0.2, 0) is 0 Å². The molecule has 4 aromatic carbocycles. The highest BCUT2D eigenvalue weighted by Gasteiger charge is 2.35. The van der Waals surface area contributed by atoms with E-state index in [-0.39, 0.29) is 23.6 Å². The summed E-state index contributed by atoms with van der Waals surface area (Å²) in [6, 6.07) is 26.5. The normalized spacial score (nSPS) is 12.7. The van der Waals surface area contributed by atoms with Crippen LogP contribution in [0.25, 0.3) is 21.8 Å². The molecule has 0 aliphatic carbocycles. The third-order valence-corrected chi connectivity index (χ3v) is 12.9. The van der Waals surface area contributed by atoms with Gasteiger partial charge in [0.15, 0.2) is 0 Å². The highest BCUT2D eigenvalue weighted by Crippen LogP contribution is 2.33. The predicted octanol–water partition coefficient (Wildman–Crippen LogP) is 10.7. The molecule has 8 rings (SSSR count). The minimum atomic E-state index is -0.207. The molecule has 0 fully saturated rings. The van der Waals surface area contributed by atoms with Gasteiger partial charge < -0.3 is 4.98 Å². The molecule has 0 atom stereocenters. The number of alkyl halides is 1. The van der Waals surface area contributed by atoms with Crippen molar-refractivity contribution in [3.63, 3.8) is 0 Å². The molecule has 10 nitrogen and oxygen atoms in total. The number of rotatable bonds is 10. The van der Waals surface area contributed by atoms with Crippen LogP contribution < -0.4 is 0 Å². The standard InChI is InChI=1S/C24H21N3O2S.C12H12BrNO2.C12H10N2S/c1-15-11-20-21(12-16(15)2)26-14-17(13-25)22(20)30-10-6-5-9-27-23(28)18-7-3-4-8-19(18)24(27)29;13-7-3-4-8-14-11(15)9-5-1-2-6-10(9)12(14)16;1-7-3-10-11(4-8(7)2)14-6-9(5-13)12(10)15/h3-4,7-8,11-12,14H,5-6,9-10H2,1-2H3;1-2,5-6H,3-4,7-8H2;3-4,6H,1-2H3,(H,14,15). The number of pyridine rings is 2. The van der Waals surface area contributed by atoms with Crippen molar-refractivity contribution >= 4 is 85.3 Å². The van der Waals surface area contributed by atoms with E-state index >= 15 is 0 Å². The first kappa shape index (κ1) is 44.6. The first-order valence-corrected chi connectivity index (χ1v) is 22.3. The third kappa shape index (κ3) is 9.66. The quantitative estimate of drug-likeness (QED) is 0.0465. The van der Waals surface area contributed by atoms with Crippen LogP contribution in [0.1, 0.15) is 100 Å². The molecule has 0 bridgehead atoms. The number of amides is 4. The van der Waals surface area contributed by atoms with Crippen molar-refractivity contribution in [2.75, 3.05) is 24.2 Å². The number of benzene rings is 4. The number of halogens is 1. The number of aromatic nitrogens is 2. The van der Waals surface area contributed by atoms with Crippen molar-refractivity contribution in [2.24, 2.45) is 0 Å². The van der Waals surface area contributed by atoms with E-state index in [1.54, 1.807) is 72.7 Å². The molecule has 0 spiro atoms. The molecule has 4 amide bonds. The summed E-state index contributed by atoms with van der Waals surface area (Å²) in [5.74, 6) is 0.0662. The van der Waals surface area contributed by atoms with Crippen LogP contribution >= 0.6 is 39.9 Å². The molecule has 2 aliphatic rings. The average Bonchev–Trinajstić information content (AvgIpc) is 3.65. The Kier molecular flexibility index (Phi) is 14.6. The molecule has 61 heavy (non-hydrogen) atoms. The molecule has 0 saturated carbocycles. The number of hydrogen-bond donors (Lipinski definition) is 1. The molecular weight excluding hydrogens is 869 g/mol. The Morgan fingerprint density at radius 3 is 1.66 bits per heavy atom. The van der Waals surface area contributed by atoms with Crippen molar-refractivity contribution in [3.05, 3.63) is 145 Å². The number of nitriles is 2. The van der Waals surface area contributed by atoms with E-state index in [4.69, 9.17) is 17.5 Å². The Hall–Kier alpha value is -5.99. The van der Waals surface area contributed by atoms with Gasteiger partial charge in [-0.1, -0.05) is 52.4 Å². The minimum Gasteiger partial charge on any atom is -0.360 e. The van der Waals surface area contributed by atoms with Gasteiger partial charge in [-0.2, -0.15) is 10.5 Å². The van der Waals surface area contributed by atoms with E-state index in [0.717, 1.165) is 63.5 Å². The summed E-state index contributed by atoms with van der Waals surface area (Å²) >= 11 is 10.2. The number of nitrogens with zero attached hydrogens (tertiary/aromatic N) is 5. The Morgan fingerprint density at radius 2 is 1.15 bits per heavy atom. The number of H-pyrrole nitrogens is 1. The number of imide groups is 2. The zero-order valence-corrected chi connectivity index (χ0v) is 37.5. The number of aryl methyl sites for hydroxylation is 4. The number of thioether (sulfide) groups is 1.